The number of pyridine rings is 1. The average molecular weight is 457 g/mol. The SMILES string of the molecule is C[C@@H]1C(=O)N(C)Cc2c(-c3cccc4cc(-c5cnn(C)c5)ncc34)nc(C3CCOCC3)n21. The number of nitrogens with zero attached hydrogens (tertiary/aromatic N) is 6. The standard InChI is InChI=1S/C26H28N6O2/c1-16-26(33)30(2)15-23-24(29-25(32(16)23)17-7-9-34-10-8-17)20-6-4-5-18-11-22(27-13-21(18)20)19-12-28-31(3)14-19/h4-6,11-14,16-17H,7-10,15H2,1-3H3/t16-/m1/s1. The molecule has 2 aliphatic rings. The molecule has 0 unspecified atom stereocenters. The minimum Gasteiger partial charge on any atom is -0.381 e. The molecule has 3 aromatic heterocycles. The number of rotatable bonds is 3. The Kier molecular flexibility index (Phi) is 4.99. The van der Waals surface area contributed by atoms with Gasteiger partial charge < -0.3 is 14.2 Å². The maximum absolute atomic E-state index is 12.9. The number of imidazole rings is 1. The number of hydrogen-bond acceptors (Lipinski definition) is 5. The van der Waals surface area contributed by atoms with Gasteiger partial charge in [0.1, 0.15) is 11.9 Å². The number of carbonyl (C=O) groups excluding carboxylic acids is 1. The lowest BCUT2D eigenvalue weighted by Crippen LogP contribution is -2.40. The third kappa shape index (κ3) is 3.32. The van der Waals surface area contributed by atoms with Gasteiger partial charge in [-0.3, -0.25) is 14.5 Å². The van der Waals surface area contributed by atoms with Crippen LogP contribution in [0.3, 0.4) is 0 Å². The van der Waals surface area contributed by atoms with Crippen molar-refractivity contribution in [2.75, 3.05) is 20.3 Å². The molecule has 8 heteroatoms. The number of fused-ring (bicyclic) bond motifs is 2. The maximum atomic E-state index is 12.9. The zero-order chi connectivity index (χ0) is 23.4. The van der Waals surface area contributed by atoms with Gasteiger partial charge in [-0.25, -0.2) is 4.98 Å². The quantitative estimate of drug-likeness (QED) is 0.467. The maximum Gasteiger partial charge on any atom is 0.245 e. The Hall–Kier alpha value is -3.52. The Morgan fingerprint density at radius 1 is 1.12 bits per heavy atom. The highest BCUT2D eigenvalue weighted by Crippen LogP contribution is 2.39. The first-order valence-electron chi connectivity index (χ1n) is 11.8. The molecule has 6 rings (SSSR count). The van der Waals surface area contributed by atoms with Crippen molar-refractivity contribution >= 4 is 16.7 Å². The predicted molar refractivity (Wildman–Crippen MR) is 129 cm³/mol. The lowest BCUT2D eigenvalue weighted by Gasteiger charge is -2.32. The second-order valence-corrected chi connectivity index (χ2v) is 9.39. The second-order valence-electron chi connectivity index (χ2n) is 9.39. The van der Waals surface area contributed by atoms with Crippen LogP contribution in [0.2, 0.25) is 0 Å². The fourth-order valence-corrected chi connectivity index (χ4v) is 5.35. The van der Waals surface area contributed by atoms with Crippen molar-refractivity contribution in [1.29, 1.82) is 0 Å². The first kappa shape index (κ1) is 21.0. The Morgan fingerprint density at radius 3 is 2.71 bits per heavy atom. The summed E-state index contributed by atoms with van der Waals surface area (Å²) in [7, 11) is 3.78. The second kappa shape index (κ2) is 8.06. The molecule has 174 valence electrons. The molecule has 1 aromatic carbocycles. The highest BCUT2D eigenvalue weighted by Gasteiger charge is 2.36. The smallest absolute Gasteiger partial charge is 0.245 e. The molecule has 0 radical (unpaired) electrons. The molecule has 0 N–H and O–H groups in total. The normalized spacial score (nSPS) is 19.1. The highest BCUT2D eigenvalue weighted by atomic mass is 16.5. The third-order valence-electron chi connectivity index (χ3n) is 7.15. The number of aromatic nitrogens is 5. The van der Waals surface area contributed by atoms with Crippen LogP contribution in [0, 0.1) is 0 Å². The van der Waals surface area contributed by atoms with Crippen molar-refractivity contribution in [3.63, 3.8) is 0 Å². The van der Waals surface area contributed by atoms with E-state index in [0.717, 1.165) is 70.9 Å². The Bertz CT molecular complexity index is 1400. The van der Waals surface area contributed by atoms with Gasteiger partial charge in [0.2, 0.25) is 5.91 Å². The summed E-state index contributed by atoms with van der Waals surface area (Å²) in [5.74, 6) is 1.44. The van der Waals surface area contributed by atoms with Crippen LogP contribution in [0.25, 0.3) is 33.3 Å². The van der Waals surface area contributed by atoms with E-state index >= 15 is 0 Å². The Morgan fingerprint density at radius 2 is 1.94 bits per heavy atom. The monoisotopic (exact) mass is 456 g/mol. The van der Waals surface area contributed by atoms with Gasteiger partial charge in [0.05, 0.1) is 29.8 Å². The fourth-order valence-electron chi connectivity index (χ4n) is 5.35. The summed E-state index contributed by atoms with van der Waals surface area (Å²) in [6.07, 6.45) is 7.60. The number of likely N-dealkylation sites (N-methyl/N-ethyl adjacent to an activating group) is 1. The highest BCUT2D eigenvalue weighted by molar-refractivity contribution is 5.97. The third-order valence-corrected chi connectivity index (χ3v) is 7.15. The molecule has 0 aliphatic carbocycles. The molecule has 1 atom stereocenters. The summed E-state index contributed by atoms with van der Waals surface area (Å²) in [5, 5.41) is 6.44. The van der Waals surface area contributed by atoms with Gasteiger partial charge in [-0.05, 0) is 31.2 Å². The lowest BCUT2D eigenvalue weighted by atomic mass is 9.98. The van der Waals surface area contributed by atoms with E-state index < -0.39 is 0 Å². The summed E-state index contributed by atoms with van der Waals surface area (Å²) in [4.78, 5) is 24.7. The first-order valence-corrected chi connectivity index (χ1v) is 11.8. The van der Waals surface area contributed by atoms with Gasteiger partial charge in [0.25, 0.3) is 0 Å². The molecule has 34 heavy (non-hydrogen) atoms. The number of hydrogen-bond donors (Lipinski definition) is 0. The molecule has 1 fully saturated rings. The molecule has 2 aliphatic heterocycles. The summed E-state index contributed by atoms with van der Waals surface area (Å²) >= 11 is 0. The fraction of sp³-hybridized carbons (Fsp3) is 0.385. The van der Waals surface area contributed by atoms with E-state index in [9.17, 15) is 4.79 Å². The Balaban J connectivity index is 1.52. The van der Waals surface area contributed by atoms with Gasteiger partial charge in [-0.15, -0.1) is 0 Å². The van der Waals surface area contributed by atoms with E-state index in [4.69, 9.17) is 14.7 Å². The average Bonchev–Trinajstić information content (AvgIpc) is 3.46. The first-order chi connectivity index (χ1) is 16.5. The Labute approximate surface area is 198 Å². The van der Waals surface area contributed by atoms with E-state index in [-0.39, 0.29) is 11.9 Å². The molecule has 0 spiro atoms. The number of aryl methyl sites for hydroxylation is 1. The molecule has 8 nitrogen and oxygen atoms in total. The molecule has 1 amide bonds. The van der Waals surface area contributed by atoms with Crippen molar-refractivity contribution in [1.82, 2.24) is 29.2 Å². The van der Waals surface area contributed by atoms with Crippen LogP contribution in [-0.2, 0) is 23.1 Å². The molecule has 5 heterocycles. The molecule has 1 saturated heterocycles. The molecular weight excluding hydrogens is 428 g/mol. The minimum atomic E-state index is -0.266. The van der Waals surface area contributed by atoms with Gasteiger partial charge >= 0.3 is 0 Å². The number of ether oxygens (including phenoxy) is 1. The van der Waals surface area contributed by atoms with Crippen LogP contribution < -0.4 is 0 Å². The number of carbonyl (C=O) groups is 1. The molecule has 0 saturated carbocycles. The summed E-state index contributed by atoms with van der Waals surface area (Å²) in [5.41, 5.74) is 4.99. The van der Waals surface area contributed by atoms with Gasteiger partial charge in [-0.1, -0.05) is 18.2 Å². The van der Waals surface area contributed by atoms with Gasteiger partial charge in [0, 0.05) is 62.1 Å². The van der Waals surface area contributed by atoms with E-state index in [0.29, 0.717) is 12.5 Å². The van der Waals surface area contributed by atoms with Gasteiger partial charge in [-0.2, -0.15) is 5.10 Å². The largest absolute Gasteiger partial charge is 0.381 e. The van der Waals surface area contributed by atoms with Crippen LogP contribution in [0.1, 0.15) is 43.2 Å². The lowest BCUT2D eigenvalue weighted by molar-refractivity contribution is -0.135. The summed E-state index contributed by atoms with van der Waals surface area (Å²) < 4.78 is 9.58. The van der Waals surface area contributed by atoms with Crippen LogP contribution in [-0.4, -0.2) is 55.4 Å². The van der Waals surface area contributed by atoms with Gasteiger partial charge in [0.15, 0.2) is 0 Å². The summed E-state index contributed by atoms with van der Waals surface area (Å²) in [6, 6.07) is 8.15. The van der Waals surface area contributed by atoms with Crippen molar-refractivity contribution in [3.05, 3.63) is 54.4 Å². The minimum absolute atomic E-state index is 0.130. The zero-order valence-corrected chi connectivity index (χ0v) is 19.7. The molecular formula is C26H28N6O2. The van der Waals surface area contributed by atoms with Crippen LogP contribution in [0.4, 0.5) is 0 Å². The predicted octanol–water partition coefficient (Wildman–Crippen LogP) is 3.93. The molecule has 4 aromatic rings. The van der Waals surface area contributed by atoms with Crippen molar-refractivity contribution in [2.45, 2.75) is 38.3 Å². The zero-order valence-electron chi connectivity index (χ0n) is 19.7. The van der Waals surface area contributed by atoms with Crippen molar-refractivity contribution < 1.29 is 9.53 Å². The number of amides is 1. The van der Waals surface area contributed by atoms with Crippen molar-refractivity contribution in [3.8, 4) is 22.5 Å². The van der Waals surface area contributed by atoms with E-state index in [2.05, 4.69) is 33.9 Å². The van der Waals surface area contributed by atoms with Crippen LogP contribution in [0.5, 0.6) is 0 Å². The van der Waals surface area contributed by atoms with E-state index in [1.807, 2.05) is 44.5 Å². The van der Waals surface area contributed by atoms with E-state index in [1.165, 1.54) is 0 Å². The molecule has 0 bridgehead atoms. The van der Waals surface area contributed by atoms with Crippen LogP contribution >= 0.6 is 0 Å². The summed E-state index contributed by atoms with van der Waals surface area (Å²) in [6.45, 7) is 4.01. The van der Waals surface area contributed by atoms with Crippen LogP contribution in [0.15, 0.2) is 42.9 Å². The number of benzene rings is 1. The van der Waals surface area contributed by atoms with E-state index in [1.54, 1.807) is 4.68 Å². The van der Waals surface area contributed by atoms with Crippen molar-refractivity contribution in [2.24, 2.45) is 7.05 Å². The topological polar surface area (TPSA) is 78.1 Å².